The van der Waals surface area contributed by atoms with Crippen LogP contribution in [-0.4, -0.2) is 76.4 Å². The van der Waals surface area contributed by atoms with E-state index in [1.165, 1.54) is 83.5 Å². The molecular weight excluding hydrogens is 1440 g/mol. The van der Waals surface area contributed by atoms with Crippen LogP contribution in [0.1, 0.15) is 148 Å². The lowest BCUT2D eigenvalue weighted by molar-refractivity contribution is -0.117. The highest BCUT2D eigenvalue weighted by molar-refractivity contribution is 6.07. The Morgan fingerprint density at radius 1 is 0.422 bits per heavy atom. The number of carbonyl (C=O) groups is 6. The van der Waals surface area contributed by atoms with E-state index >= 15 is 0 Å². The highest BCUT2D eigenvalue weighted by atomic mass is 16.5. The minimum atomic E-state index is 0.0122. The summed E-state index contributed by atoms with van der Waals surface area (Å²) in [6.07, 6.45) is 8.30. The number of fused-ring (bicyclic) bond motifs is 7. The minimum absolute atomic E-state index is 0.0122. The van der Waals surface area contributed by atoms with Crippen LogP contribution in [0.2, 0.25) is 0 Å². The van der Waals surface area contributed by atoms with Gasteiger partial charge in [-0.05, 0) is 250 Å². The van der Waals surface area contributed by atoms with Crippen LogP contribution >= 0.6 is 0 Å². The van der Waals surface area contributed by atoms with Gasteiger partial charge in [-0.1, -0.05) is 183 Å². The van der Waals surface area contributed by atoms with Crippen LogP contribution in [0.5, 0.6) is 11.5 Å². The minimum Gasteiger partial charge on any atom is -0.497 e. The van der Waals surface area contributed by atoms with Crippen LogP contribution < -0.4 is 34.0 Å². The molecule has 576 valence electrons. The summed E-state index contributed by atoms with van der Waals surface area (Å²) in [5, 5.41) is 5.03. The van der Waals surface area contributed by atoms with Crippen LogP contribution in [-0.2, 0) is 24.1 Å². The molecule has 4 atom stereocenters. The fraction of sp³-hybridized carbons (Fsp3) is 0.165. The standard InChI is InChI=1S/C29H29NO2.C26H21NO.C17H15NO2.C16H13NO2.C15H13NO/c1-3-4-17-32-25-13-11-24(12-14-25)30-20-28(27-19-26(31-2)15-16-29(27)30)23-10-9-21-7-5-6-8-22(21)18-23;1-18-26(21-8-3-2-4-9-21)24-15-19(17-28)11-14-25(24)27(18)23-13-12-20-7-5-6-10-22(20)16-23;1-12(20)18-16-8-7-13(11-19)9-15(16)10-17(18)14-5-3-2-4-6-14;18-11-12-6-7-15-14(10-12)8-9-17(15)16(19)13-4-2-1-3-5-13;17-11-12-6-7-15-13(10-12)8-9-16(15)14-4-2-1-3-5-14/h5-16,18-19,28H,3-4,17,20H2,1-2H3;2-18,26H,1H3;2-9,11,17H,10H2,1H3;1-7,10-11H,8-9H2;1-7,10-11H,8-9H2. The number of unbranched alkanes of at least 4 members (excludes halogenated alkanes) is 1. The average Bonchev–Trinajstić information content (AvgIpc) is 1.59. The molecule has 0 aliphatic carbocycles. The van der Waals surface area contributed by atoms with Gasteiger partial charge >= 0.3 is 0 Å². The van der Waals surface area contributed by atoms with Gasteiger partial charge in [0.1, 0.15) is 36.6 Å². The maximum absolute atomic E-state index is 12.4. The molecule has 5 aliphatic rings. The van der Waals surface area contributed by atoms with Crippen LogP contribution in [0.4, 0.5) is 45.5 Å². The Labute approximate surface area is 678 Å². The van der Waals surface area contributed by atoms with E-state index in [2.05, 4.69) is 204 Å². The molecule has 0 N–H and O–H groups in total. The molecule has 116 heavy (non-hydrogen) atoms. The van der Waals surface area contributed by atoms with Crippen molar-refractivity contribution in [2.24, 2.45) is 0 Å². The van der Waals surface area contributed by atoms with E-state index in [0.29, 0.717) is 23.2 Å². The number of hydrogen-bond acceptors (Lipinski definition) is 11. The van der Waals surface area contributed by atoms with Gasteiger partial charge in [0.25, 0.3) is 5.91 Å². The third-order valence-electron chi connectivity index (χ3n) is 22.6. The lowest BCUT2D eigenvalue weighted by Crippen LogP contribution is -2.29. The van der Waals surface area contributed by atoms with Gasteiger partial charge in [-0.2, -0.15) is 0 Å². The molecule has 0 bridgehead atoms. The number of methoxy groups -OCH3 is 1. The van der Waals surface area contributed by atoms with Gasteiger partial charge < -0.3 is 34.0 Å². The van der Waals surface area contributed by atoms with E-state index < -0.39 is 0 Å². The van der Waals surface area contributed by atoms with E-state index in [1.54, 1.807) is 31.1 Å². The zero-order valence-corrected chi connectivity index (χ0v) is 65.6. The second kappa shape index (κ2) is 35.9. The Morgan fingerprint density at radius 2 is 0.931 bits per heavy atom. The number of nitrogens with zero attached hydrogens (tertiary/aromatic N) is 5. The van der Waals surface area contributed by atoms with Crippen LogP contribution in [0.25, 0.3) is 21.5 Å². The zero-order valence-electron chi connectivity index (χ0n) is 65.6. The highest BCUT2D eigenvalue weighted by Crippen LogP contribution is 2.50. The summed E-state index contributed by atoms with van der Waals surface area (Å²) in [5.74, 6) is 2.38. The van der Waals surface area contributed by atoms with E-state index in [9.17, 15) is 28.8 Å². The molecule has 0 radical (unpaired) electrons. The monoisotopic (exact) mass is 1530 g/mol. The molecule has 0 aromatic heterocycles. The number of rotatable bonds is 16. The molecular formula is C103H91N5O8. The number of anilines is 8. The number of amides is 2. The van der Waals surface area contributed by atoms with Crippen molar-refractivity contribution in [2.45, 2.75) is 76.8 Å². The Kier molecular flexibility index (Phi) is 24.0. The molecule has 13 heteroatoms. The first-order chi connectivity index (χ1) is 56.9. The van der Waals surface area contributed by atoms with Crippen LogP contribution in [0, 0.1) is 0 Å². The SMILES string of the molecule is CC(=O)N1c2ccc(C=O)cc2CC1c1ccccc1.CC1C(c2ccccc2)c2cc(C=O)ccc2N1c1ccc2ccccc2c1.CCCCOc1ccc(N2CC(c3ccc4ccccc4c3)c3cc(OC)ccc32)cc1.O=Cc1ccc2c(c1)CCN2C(=O)c1ccccc1.O=Cc1ccc2c(c1)CCN2c1ccccc1. The zero-order chi connectivity index (χ0) is 80.0. The molecule has 13 nitrogen and oxygen atoms in total. The molecule has 14 aromatic carbocycles. The van der Waals surface area contributed by atoms with E-state index in [4.69, 9.17) is 9.47 Å². The summed E-state index contributed by atoms with van der Waals surface area (Å²) in [5.41, 5.74) is 22.2. The molecule has 2 amide bonds. The van der Waals surface area contributed by atoms with Gasteiger partial charge in [-0.3, -0.25) is 28.8 Å². The Hall–Kier alpha value is -13.8. The summed E-state index contributed by atoms with van der Waals surface area (Å²) >= 11 is 0. The molecule has 0 saturated heterocycles. The van der Waals surface area contributed by atoms with Crippen molar-refractivity contribution < 1.29 is 38.2 Å². The highest BCUT2D eigenvalue weighted by Gasteiger charge is 2.39. The summed E-state index contributed by atoms with van der Waals surface area (Å²) in [6.45, 7) is 9.36. The summed E-state index contributed by atoms with van der Waals surface area (Å²) < 4.78 is 11.4. The average molecular weight is 1530 g/mol. The van der Waals surface area contributed by atoms with E-state index in [0.717, 1.165) is 128 Å². The topological polar surface area (TPSA) is 137 Å². The van der Waals surface area contributed by atoms with Crippen LogP contribution in [0.15, 0.2) is 322 Å². The summed E-state index contributed by atoms with van der Waals surface area (Å²) in [7, 11) is 1.73. The Balaban J connectivity index is 0.000000116. The summed E-state index contributed by atoms with van der Waals surface area (Å²) in [6, 6.07) is 109. The van der Waals surface area contributed by atoms with Gasteiger partial charge in [0.05, 0.1) is 19.8 Å². The number of hydrogen-bond donors (Lipinski definition) is 0. The first-order valence-electron chi connectivity index (χ1n) is 39.8. The van der Waals surface area contributed by atoms with Crippen molar-refractivity contribution in [3.63, 3.8) is 0 Å². The Bertz CT molecular complexity index is 5860. The molecule has 0 spiro atoms. The lowest BCUT2D eigenvalue weighted by atomic mass is 9.88. The third kappa shape index (κ3) is 16.8. The van der Waals surface area contributed by atoms with Crippen molar-refractivity contribution in [3.8, 4) is 11.5 Å². The molecule has 4 unspecified atom stereocenters. The largest absolute Gasteiger partial charge is 0.497 e. The van der Waals surface area contributed by atoms with Gasteiger partial charge in [0.2, 0.25) is 5.91 Å². The third-order valence-corrected chi connectivity index (χ3v) is 22.6. The second-order valence-electron chi connectivity index (χ2n) is 29.7. The smallest absolute Gasteiger partial charge is 0.258 e. The van der Waals surface area contributed by atoms with Crippen molar-refractivity contribution in [1.29, 1.82) is 0 Å². The van der Waals surface area contributed by atoms with Crippen molar-refractivity contribution in [1.82, 2.24) is 0 Å². The van der Waals surface area contributed by atoms with Crippen LogP contribution in [0.3, 0.4) is 0 Å². The van der Waals surface area contributed by atoms with Gasteiger partial charge in [0, 0.05) is 118 Å². The van der Waals surface area contributed by atoms with Gasteiger partial charge in [-0.15, -0.1) is 0 Å². The second-order valence-corrected chi connectivity index (χ2v) is 29.7. The number of carbonyl (C=O) groups excluding carboxylic acids is 6. The van der Waals surface area contributed by atoms with Crippen molar-refractivity contribution in [3.05, 3.63) is 394 Å². The molecule has 5 aliphatic heterocycles. The van der Waals surface area contributed by atoms with Crippen molar-refractivity contribution >= 4 is 104 Å². The normalized spacial score (nSPS) is 15.6. The summed E-state index contributed by atoms with van der Waals surface area (Å²) in [4.78, 5) is 78.9. The quantitative estimate of drug-likeness (QED) is 0.0675. The number of para-hydroxylation sites is 1. The van der Waals surface area contributed by atoms with Gasteiger partial charge in [0.15, 0.2) is 0 Å². The van der Waals surface area contributed by atoms with Crippen molar-refractivity contribution in [2.75, 3.05) is 57.9 Å². The fourth-order valence-electron chi connectivity index (χ4n) is 16.8. The molecule has 0 fully saturated rings. The fourth-order valence-corrected chi connectivity index (χ4v) is 16.8. The number of aldehydes is 4. The molecule has 5 heterocycles. The first kappa shape index (κ1) is 77.5. The molecule has 0 saturated carbocycles. The predicted molar refractivity (Wildman–Crippen MR) is 469 cm³/mol. The van der Waals surface area contributed by atoms with Gasteiger partial charge in [-0.25, -0.2) is 0 Å². The molecule has 14 aromatic rings. The maximum atomic E-state index is 12.4. The number of ether oxygens (including phenoxy) is 2. The number of benzene rings is 14. The molecule has 19 rings (SSSR count). The van der Waals surface area contributed by atoms with E-state index in [1.807, 2.05) is 138 Å². The maximum Gasteiger partial charge on any atom is 0.258 e. The predicted octanol–water partition coefficient (Wildman–Crippen LogP) is 22.7. The lowest BCUT2D eigenvalue weighted by Gasteiger charge is -2.28. The van der Waals surface area contributed by atoms with E-state index in [-0.39, 0.29) is 35.7 Å². The Morgan fingerprint density at radius 3 is 1.56 bits per heavy atom. The first-order valence-corrected chi connectivity index (χ1v) is 39.8.